The topological polar surface area (TPSA) is 74.7 Å². The van der Waals surface area contributed by atoms with E-state index in [1.807, 2.05) is 6.92 Å². The van der Waals surface area contributed by atoms with E-state index < -0.39 is 17.7 Å². The molecule has 0 radical (unpaired) electrons. The van der Waals surface area contributed by atoms with E-state index in [2.05, 4.69) is 0 Å². The number of aromatic carboxylic acids is 1. The molecule has 0 saturated heterocycles. The first kappa shape index (κ1) is 12.3. The molecule has 1 aromatic carbocycles. The molecule has 1 aliphatic heterocycles. The van der Waals surface area contributed by atoms with Crippen molar-refractivity contribution in [1.29, 1.82) is 0 Å². The number of carboxylic acid groups (broad SMARTS) is 1. The van der Waals surface area contributed by atoms with Gasteiger partial charge in [-0.15, -0.1) is 0 Å². The normalized spacial score (nSPS) is 13.9. The van der Waals surface area contributed by atoms with Crippen molar-refractivity contribution in [2.24, 2.45) is 0 Å². The molecule has 1 aromatic rings. The van der Waals surface area contributed by atoms with Gasteiger partial charge in [0.05, 0.1) is 16.8 Å². The fourth-order valence-corrected chi connectivity index (χ4v) is 1.97. The predicted molar refractivity (Wildman–Crippen MR) is 65.0 cm³/mol. The molecule has 0 unspecified atom stereocenters. The van der Waals surface area contributed by atoms with E-state index in [4.69, 9.17) is 5.11 Å². The van der Waals surface area contributed by atoms with Crippen LogP contribution in [0.1, 0.15) is 40.5 Å². The summed E-state index contributed by atoms with van der Waals surface area (Å²) in [6.07, 6.45) is 1.72. The summed E-state index contributed by atoms with van der Waals surface area (Å²) in [5.41, 5.74) is 0.728. The molecule has 0 bridgehead atoms. The van der Waals surface area contributed by atoms with Crippen LogP contribution in [0.15, 0.2) is 18.2 Å². The molecule has 18 heavy (non-hydrogen) atoms. The van der Waals surface area contributed by atoms with Crippen LogP contribution in [-0.4, -0.2) is 29.3 Å². The van der Waals surface area contributed by atoms with Gasteiger partial charge in [-0.25, -0.2) is 4.79 Å². The van der Waals surface area contributed by atoms with Crippen LogP contribution in [0, 0.1) is 0 Å². The van der Waals surface area contributed by atoms with Gasteiger partial charge in [0.25, 0.3) is 11.7 Å². The number of benzene rings is 1. The van der Waals surface area contributed by atoms with Gasteiger partial charge < -0.3 is 10.0 Å². The summed E-state index contributed by atoms with van der Waals surface area (Å²) in [7, 11) is 0. The largest absolute Gasteiger partial charge is 0.478 e. The average molecular weight is 247 g/mol. The molecule has 1 heterocycles. The number of carbonyl (C=O) groups is 3. The summed E-state index contributed by atoms with van der Waals surface area (Å²) in [6.45, 7) is 2.48. The predicted octanol–water partition coefficient (Wildman–Crippen LogP) is 1.71. The third-order valence-electron chi connectivity index (χ3n) is 2.95. The smallest absolute Gasteiger partial charge is 0.335 e. The Morgan fingerprint density at radius 3 is 2.67 bits per heavy atom. The first-order chi connectivity index (χ1) is 8.56. The average Bonchev–Trinajstić information content (AvgIpc) is 2.60. The number of carboxylic acids is 1. The van der Waals surface area contributed by atoms with Crippen molar-refractivity contribution >= 4 is 23.3 Å². The lowest BCUT2D eigenvalue weighted by atomic mass is 10.1. The van der Waals surface area contributed by atoms with E-state index in [1.165, 1.54) is 23.1 Å². The Bertz CT molecular complexity index is 536. The molecule has 5 heteroatoms. The molecule has 5 nitrogen and oxygen atoms in total. The third-order valence-corrected chi connectivity index (χ3v) is 2.95. The van der Waals surface area contributed by atoms with Crippen LogP contribution in [0.4, 0.5) is 5.69 Å². The molecule has 1 N–H and O–H groups in total. The monoisotopic (exact) mass is 247 g/mol. The quantitative estimate of drug-likeness (QED) is 0.822. The van der Waals surface area contributed by atoms with Crippen LogP contribution in [0.2, 0.25) is 0 Å². The maximum Gasteiger partial charge on any atom is 0.335 e. The Hall–Kier alpha value is -2.17. The van der Waals surface area contributed by atoms with Gasteiger partial charge in [0.15, 0.2) is 0 Å². The summed E-state index contributed by atoms with van der Waals surface area (Å²) >= 11 is 0. The summed E-state index contributed by atoms with van der Waals surface area (Å²) < 4.78 is 0. The van der Waals surface area contributed by atoms with Crippen molar-refractivity contribution in [1.82, 2.24) is 0 Å². The van der Waals surface area contributed by atoms with E-state index >= 15 is 0 Å². The molecule has 2 rings (SSSR count). The number of hydrogen-bond donors (Lipinski definition) is 1. The first-order valence-corrected chi connectivity index (χ1v) is 5.79. The highest BCUT2D eigenvalue weighted by Crippen LogP contribution is 2.30. The van der Waals surface area contributed by atoms with Gasteiger partial charge in [0.2, 0.25) is 0 Å². The SMILES string of the molecule is CCCCN1C(=O)C(=O)c2cc(C(=O)O)ccc21. The van der Waals surface area contributed by atoms with Gasteiger partial charge in [0.1, 0.15) is 0 Å². The Labute approximate surface area is 104 Å². The van der Waals surface area contributed by atoms with E-state index in [9.17, 15) is 14.4 Å². The highest BCUT2D eigenvalue weighted by atomic mass is 16.4. The van der Waals surface area contributed by atoms with Crippen molar-refractivity contribution in [3.05, 3.63) is 29.3 Å². The highest BCUT2D eigenvalue weighted by Gasteiger charge is 2.35. The number of hydrogen-bond acceptors (Lipinski definition) is 3. The van der Waals surface area contributed by atoms with Crippen LogP contribution in [0.3, 0.4) is 0 Å². The van der Waals surface area contributed by atoms with E-state index in [-0.39, 0.29) is 11.1 Å². The van der Waals surface area contributed by atoms with Gasteiger partial charge in [-0.2, -0.15) is 0 Å². The zero-order valence-electron chi connectivity index (χ0n) is 9.97. The van der Waals surface area contributed by atoms with E-state index in [0.717, 1.165) is 12.8 Å². The summed E-state index contributed by atoms with van der Waals surface area (Å²) in [6, 6.07) is 4.20. The van der Waals surface area contributed by atoms with Gasteiger partial charge in [-0.3, -0.25) is 9.59 Å². The Kier molecular flexibility index (Phi) is 3.14. The van der Waals surface area contributed by atoms with Gasteiger partial charge in [-0.05, 0) is 24.6 Å². The molecule has 1 aliphatic rings. The van der Waals surface area contributed by atoms with Crippen LogP contribution in [0.25, 0.3) is 0 Å². The van der Waals surface area contributed by atoms with Crippen molar-refractivity contribution in [2.75, 3.05) is 11.4 Å². The minimum atomic E-state index is -1.11. The van der Waals surface area contributed by atoms with Gasteiger partial charge >= 0.3 is 5.97 Å². The molecule has 0 aromatic heterocycles. The van der Waals surface area contributed by atoms with Gasteiger partial charge in [-0.1, -0.05) is 13.3 Å². The summed E-state index contributed by atoms with van der Waals surface area (Å²) in [5.74, 6) is -2.30. The fraction of sp³-hybridized carbons (Fsp3) is 0.308. The number of rotatable bonds is 4. The summed E-state index contributed by atoms with van der Waals surface area (Å²) in [4.78, 5) is 35.8. The maximum absolute atomic E-state index is 11.8. The third kappa shape index (κ3) is 1.88. The lowest BCUT2D eigenvalue weighted by molar-refractivity contribution is -0.114. The van der Waals surface area contributed by atoms with E-state index in [0.29, 0.717) is 12.2 Å². The molecule has 0 saturated carbocycles. The lowest BCUT2D eigenvalue weighted by Crippen LogP contribution is -2.30. The number of unbranched alkanes of at least 4 members (excludes halogenated alkanes) is 1. The molecule has 94 valence electrons. The second-order valence-electron chi connectivity index (χ2n) is 4.18. The standard InChI is InChI=1S/C13H13NO4/c1-2-3-6-14-10-5-4-8(13(17)18)7-9(10)11(15)12(14)16/h4-5,7H,2-3,6H2,1H3,(H,17,18). The number of nitrogens with zero attached hydrogens (tertiary/aromatic N) is 1. The fourth-order valence-electron chi connectivity index (χ4n) is 1.97. The van der Waals surface area contributed by atoms with Crippen LogP contribution < -0.4 is 4.90 Å². The molecule has 0 spiro atoms. The molecule has 0 atom stereocenters. The molecule has 0 aliphatic carbocycles. The van der Waals surface area contributed by atoms with Crippen molar-refractivity contribution in [3.63, 3.8) is 0 Å². The van der Waals surface area contributed by atoms with Crippen molar-refractivity contribution in [2.45, 2.75) is 19.8 Å². The Morgan fingerprint density at radius 1 is 1.33 bits per heavy atom. The number of ketones is 1. The van der Waals surface area contributed by atoms with Crippen molar-refractivity contribution < 1.29 is 19.5 Å². The number of carbonyl (C=O) groups excluding carboxylic acids is 2. The van der Waals surface area contributed by atoms with E-state index in [1.54, 1.807) is 0 Å². The molecule has 0 fully saturated rings. The van der Waals surface area contributed by atoms with Crippen LogP contribution in [0.5, 0.6) is 0 Å². The van der Waals surface area contributed by atoms with Gasteiger partial charge in [0, 0.05) is 6.54 Å². The maximum atomic E-state index is 11.8. The van der Waals surface area contributed by atoms with Crippen LogP contribution in [-0.2, 0) is 4.79 Å². The summed E-state index contributed by atoms with van der Waals surface area (Å²) in [5, 5.41) is 8.87. The zero-order valence-corrected chi connectivity index (χ0v) is 9.97. The molecular weight excluding hydrogens is 234 g/mol. The second-order valence-corrected chi connectivity index (χ2v) is 4.18. The van der Waals surface area contributed by atoms with Crippen LogP contribution >= 0.6 is 0 Å². The van der Waals surface area contributed by atoms with Crippen molar-refractivity contribution in [3.8, 4) is 0 Å². The zero-order chi connectivity index (χ0) is 13.3. The Balaban J connectivity index is 2.41. The molecule has 1 amide bonds. The number of anilines is 1. The second kappa shape index (κ2) is 4.60. The number of amides is 1. The number of fused-ring (bicyclic) bond motifs is 1. The minimum Gasteiger partial charge on any atom is -0.478 e. The molecular formula is C13H13NO4. The number of Topliss-reactive ketones (excluding diaryl/α,β-unsaturated/α-hetero) is 1. The minimum absolute atomic E-state index is 0.0206. The Morgan fingerprint density at radius 2 is 2.06 bits per heavy atom. The highest BCUT2D eigenvalue weighted by molar-refractivity contribution is 6.52. The first-order valence-electron chi connectivity index (χ1n) is 5.79. The lowest BCUT2D eigenvalue weighted by Gasteiger charge is -2.15.